The molecule has 0 aliphatic carbocycles. The summed E-state index contributed by atoms with van der Waals surface area (Å²) in [6, 6.07) is 8.18. The van der Waals surface area contributed by atoms with Crippen molar-refractivity contribution < 1.29 is 9.84 Å². The Labute approximate surface area is 102 Å². The fourth-order valence-electron chi connectivity index (χ4n) is 2.37. The summed E-state index contributed by atoms with van der Waals surface area (Å²) >= 11 is 0. The molecule has 17 heavy (non-hydrogen) atoms. The van der Waals surface area contributed by atoms with Crippen LogP contribution in [0.4, 0.5) is 0 Å². The van der Waals surface area contributed by atoms with Gasteiger partial charge in [-0.25, -0.2) is 0 Å². The summed E-state index contributed by atoms with van der Waals surface area (Å²) < 4.78 is 5.14. The Balaban J connectivity index is 2.11. The molecule has 0 saturated carbocycles. The van der Waals surface area contributed by atoms with Crippen LogP contribution in [-0.4, -0.2) is 42.9 Å². The van der Waals surface area contributed by atoms with Gasteiger partial charge < -0.3 is 15.6 Å². The molecule has 0 aromatic heterocycles. The molecule has 2 atom stereocenters. The number of likely N-dealkylation sites (tertiary alicyclic amines) is 1. The summed E-state index contributed by atoms with van der Waals surface area (Å²) in [5, 5.41) is 9.57. The Kier molecular flexibility index (Phi) is 3.99. The molecule has 3 N–H and O–H groups in total. The van der Waals surface area contributed by atoms with E-state index in [9.17, 15) is 5.11 Å². The van der Waals surface area contributed by atoms with E-state index in [-0.39, 0.29) is 12.1 Å². The first kappa shape index (κ1) is 12.4. The van der Waals surface area contributed by atoms with E-state index in [2.05, 4.69) is 4.90 Å². The molecule has 1 aliphatic rings. The van der Waals surface area contributed by atoms with E-state index in [0.717, 1.165) is 18.7 Å². The Morgan fingerprint density at radius 3 is 2.65 bits per heavy atom. The van der Waals surface area contributed by atoms with Gasteiger partial charge in [0.05, 0.1) is 13.2 Å². The summed E-state index contributed by atoms with van der Waals surface area (Å²) in [5.41, 5.74) is 7.03. The van der Waals surface area contributed by atoms with Gasteiger partial charge in [0.1, 0.15) is 5.75 Å². The van der Waals surface area contributed by atoms with E-state index < -0.39 is 0 Å². The van der Waals surface area contributed by atoms with Crippen molar-refractivity contribution in [3.05, 3.63) is 29.8 Å². The second-order valence-corrected chi connectivity index (χ2v) is 4.46. The second kappa shape index (κ2) is 5.49. The minimum absolute atomic E-state index is 0.193. The summed E-state index contributed by atoms with van der Waals surface area (Å²) in [5.74, 6) is 0.853. The van der Waals surface area contributed by atoms with Gasteiger partial charge in [0, 0.05) is 25.7 Å². The molecule has 2 unspecified atom stereocenters. The number of nitrogens with two attached hydrogens (primary N) is 1. The predicted molar refractivity (Wildman–Crippen MR) is 67.0 cm³/mol. The van der Waals surface area contributed by atoms with E-state index in [1.807, 2.05) is 24.3 Å². The minimum Gasteiger partial charge on any atom is -0.497 e. The van der Waals surface area contributed by atoms with E-state index in [1.54, 1.807) is 7.11 Å². The molecule has 0 radical (unpaired) electrons. The van der Waals surface area contributed by atoms with Gasteiger partial charge in [0.25, 0.3) is 0 Å². The molecule has 0 spiro atoms. The van der Waals surface area contributed by atoms with Crippen LogP contribution >= 0.6 is 0 Å². The zero-order chi connectivity index (χ0) is 12.3. The SMILES string of the molecule is COc1ccc(C(CN)N2CCC(O)C2)cc1. The summed E-state index contributed by atoms with van der Waals surface area (Å²) in [4.78, 5) is 2.24. The molecule has 1 aromatic carbocycles. The number of ether oxygens (including phenoxy) is 1. The molecule has 94 valence electrons. The van der Waals surface area contributed by atoms with Crippen molar-refractivity contribution in [3.63, 3.8) is 0 Å². The van der Waals surface area contributed by atoms with Gasteiger partial charge in [-0.2, -0.15) is 0 Å². The van der Waals surface area contributed by atoms with Gasteiger partial charge in [-0.05, 0) is 24.1 Å². The molecule has 1 aromatic rings. The zero-order valence-electron chi connectivity index (χ0n) is 10.2. The molecule has 1 heterocycles. The molecule has 2 rings (SSSR count). The van der Waals surface area contributed by atoms with Gasteiger partial charge in [0.15, 0.2) is 0 Å². The molecule has 1 saturated heterocycles. The highest BCUT2D eigenvalue weighted by Gasteiger charge is 2.27. The monoisotopic (exact) mass is 236 g/mol. The van der Waals surface area contributed by atoms with E-state index >= 15 is 0 Å². The van der Waals surface area contributed by atoms with Crippen LogP contribution in [0.15, 0.2) is 24.3 Å². The number of hydrogen-bond acceptors (Lipinski definition) is 4. The minimum atomic E-state index is -0.206. The smallest absolute Gasteiger partial charge is 0.118 e. The number of hydrogen-bond donors (Lipinski definition) is 2. The summed E-state index contributed by atoms with van der Waals surface area (Å²) in [6.45, 7) is 2.20. The third-order valence-corrected chi connectivity index (χ3v) is 3.36. The fourth-order valence-corrected chi connectivity index (χ4v) is 2.37. The average molecular weight is 236 g/mol. The van der Waals surface area contributed by atoms with Crippen molar-refractivity contribution in [2.45, 2.75) is 18.6 Å². The van der Waals surface area contributed by atoms with Crippen LogP contribution in [0.5, 0.6) is 5.75 Å². The summed E-state index contributed by atoms with van der Waals surface area (Å²) in [7, 11) is 1.66. The highest BCUT2D eigenvalue weighted by Crippen LogP contribution is 2.25. The first-order valence-electron chi connectivity index (χ1n) is 6.00. The number of benzene rings is 1. The molecule has 1 fully saturated rings. The van der Waals surface area contributed by atoms with Crippen molar-refractivity contribution in [1.29, 1.82) is 0 Å². The van der Waals surface area contributed by atoms with Crippen LogP contribution in [0.3, 0.4) is 0 Å². The first-order chi connectivity index (χ1) is 8.24. The Hall–Kier alpha value is -1.10. The van der Waals surface area contributed by atoms with Gasteiger partial charge in [0.2, 0.25) is 0 Å². The van der Waals surface area contributed by atoms with E-state index in [4.69, 9.17) is 10.5 Å². The van der Waals surface area contributed by atoms with E-state index in [0.29, 0.717) is 13.1 Å². The lowest BCUT2D eigenvalue weighted by atomic mass is 10.1. The fraction of sp³-hybridized carbons (Fsp3) is 0.538. The normalized spacial score (nSPS) is 22.6. The van der Waals surface area contributed by atoms with Crippen molar-refractivity contribution in [1.82, 2.24) is 4.90 Å². The third-order valence-electron chi connectivity index (χ3n) is 3.36. The molecular formula is C13H20N2O2. The van der Waals surface area contributed by atoms with Crippen LogP contribution in [0.25, 0.3) is 0 Å². The molecular weight excluding hydrogens is 216 g/mol. The Bertz CT molecular complexity index is 353. The van der Waals surface area contributed by atoms with Crippen molar-refractivity contribution in [3.8, 4) is 5.75 Å². The Morgan fingerprint density at radius 2 is 2.18 bits per heavy atom. The van der Waals surface area contributed by atoms with Gasteiger partial charge in [-0.3, -0.25) is 4.90 Å². The maximum absolute atomic E-state index is 9.57. The van der Waals surface area contributed by atoms with Crippen LogP contribution in [0.2, 0.25) is 0 Å². The number of aliphatic hydroxyl groups is 1. The second-order valence-electron chi connectivity index (χ2n) is 4.46. The first-order valence-corrected chi connectivity index (χ1v) is 6.00. The van der Waals surface area contributed by atoms with Crippen LogP contribution in [0.1, 0.15) is 18.0 Å². The maximum Gasteiger partial charge on any atom is 0.118 e. The third kappa shape index (κ3) is 2.77. The molecule has 1 aliphatic heterocycles. The predicted octanol–water partition coefficient (Wildman–Crippen LogP) is 0.762. The summed E-state index contributed by atoms with van der Waals surface area (Å²) in [6.07, 6.45) is 0.634. The Morgan fingerprint density at radius 1 is 1.47 bits per heavy atom. The van der Waals surface area contributed by atoms with Gasteiger partial charge >= 0.3 is 0 Å². The standard InChI is InChI=1S/C13H20N2O2/c1-17-12-4-2-10(3-5-12)13(8-14)15-7-6-11(16)9-15/h2-5,11,13,16H,6-9,14H2,1H3. The molecule has 4 heteroatoms. The topological polar surface area (TPSA) is 58.7 Å². The van der Waals surface area contributed by atoms with E-state index in [1.165, 1.54) is 5.56 Å². The highest BCUT2D eigenvalue weighted by molar-refractivity contribution is 5.29. The molecule has 0 bridgehead atoms. The maximum atomic E-state index is 9.57. The van der Waals surface area contributed by atoms with Crippen molar-refractivity contribution in [2.75, 3.05) is 26.7 Å². The largest absolute Gasteiger partial charge is 0.497 e. The quantitative estimate of drug-likeness (QED) is 0.810. The van der Waals surface area contributed by atoms with Crippen molar-refractivity contribution >= 4 is 0 Å². The lowest BCUT2D eigenvalue weighted by Gasteiger charge is -2.26. The van der Waals surface area contributed by atoms with Crippen LogP contribution in [-0.2, 0) is 0 Å². The van der Waals surface area contributed by atoms with Gasteiger partial charge in [-0.1, -0.05) is 12.1 Å². The number of nitrogens with zero attached hydrogens (tertiary/aromatic N) is 1. The lowest BCUT2D eigenvalue weighted by Crippen LogP contribution is -2.32. The average Bonchev–Trinajstić information content (AvgIpc) is 2.78. The number of aliphatic hydroxyl groups excluding tert-OH is 1. The molecule has 0 amide bonds. The number of methoxy groups -OCH3 is 1. The lowest BCUT2D eigenvalue weighted by molar-refractivity contribution is 0.160. The van der Waals surface area contributed by atoms with Crippen LogP contribution < -0.4 is 10.5 Å². The highest BCUT2D eigenvalue weighted by atomic mass is 16.5. The van der Waals surface area contributed by atoms with Crippen molar-refractivity contribution in [2.24, 2.45) is 5.73 Å². The zero-order valence-corrected chi connectivity index (χ0v) is 10.2. The van der Waals surface area contributed by atoms with Gasteiger partial charge in [-0.15, -0.1) is 0 Å². The van der Waals surface area contributed by atoms with Crippen LogP contribution in [0, 0.1) is 0 Å². The number of β-amino-alcohol motifs (C(OH)–C–C–N with tert-alkyl or cyclic N) is 1. The molecule has 4 nitrogen and oxygen atoms in total. The number of rotatable bonds is 4.